The van der Waals surface area contributed by atoms with Crippen LogP contribution in [0.4, 0.5) is 0 Å². The number of para-hydroxylation sites is 2. The molecule has 0 aliphatic carbocycles. The van der Waals surface area contributed by atoms with E-state index in [4.69, 9.17) is 9.97 Å². The maximum absolute atomic E-state index is 5.03. The summed E-state index contributed by atoms with van der Waals surface area (Å²) in [6.45, 7) is 0. The number of hydrogen-bond donors (Lipinski definition) is 0. The largest absolute Gasteiger partial charge is 0.309 e. The first-order valence-corrected chi connectivity index (χ1v) is 14.5. The molecule has 3 nitrogen and oxygen atoms in total. The van der Waals surface area contributed by atoms with Gasteiger partial charge in [-0.2, -0.15) is 0 Å². The first kappa shape index (κ1) is 25.0. The molecule has 202 valence electrons. The van der Waals surface area contributed by atoms with Crippen LogP contribution < -0.4 is 0 Å². The van der Waals surface area contributed by atoms with Gasteiger partial charge < -0.3 is 4.57 Å². The van der Waals surface area contributed by atoms with Crippen molar-refractivity contribution in [2.24, 2.45) is 0 Å². The van der Waals surface area contributed by atoms with E-state index >= 15 is 0 Å². The van der Waals surface area contributed by atoms with Gasteiger partial charge >= 0.3 is 0 Å². The highest BCUT2D eigenvalue weighted by molar-refractivity contribution is 6.09. The molecule has 6 aromatic carbocycles. The molecular formula is C40H27N3. The number of rotatable bonds is 5. The number of benzene rings is 6. The van der Waals surface area contributed by atoms with Crippen molar-refractivity contribution in [3.8, 4) is 50.7 Å². The highest BCUT2D eigenvalue weighted by Gasteiger charge is 2.13. The van der Waals surface area contributed by atoms with Crippen molar-refractivity contribution in [1.29, 1.82) is 0 Å². The summed E-state index contributed by atoms with van der Waals surface area (Å²) in [4.78, 5) is 9.97. The summed E-state index contributed by atoms with van der Waals surface area (Å²) < 4.78 is 2.35. The molecule has 0 saturated carbocycles. The Morgan fingerprint density at radius 3 is 1.51 bits per heavy atom. The Bertz CT molecular complexity index is 2100. The quantitative estimate of drug-likeness (QED) is 0.214. The summed E-state index contributed by atoms with van der Waals surface area (Å²) in [6.07, 6.45) is 0. The molecule has 0 saturated heterocycles. The molecule has 0 unspecified atom stereocenters. The van der Waals surface area contributed by atoms with E-state index in [0.717, 1.165) is 50.7 Å². The molecule has 2 heterocycles. The second-order valence-electron chi connectivity index (χ2n) is 10.7. The minimum Gasteiger partial charge on any atom is -0.309 e. The Hall–Kier alpha value is -5.80. The van der Waals surface area contributed by atoms with E-state index in [9.17, 15) is 0 Å². The van der Waals surface area contributed by atoms with Gasteiger partial charge in [-0.05, 0) is 47.5 Å². The van der Waals surface area contributed by atoms with Gasteiger partial charge in [0, 0.05) is 33.2 Å². The lowest BCUT2D eigenvalue weighted by Gasteiger charge is -2.11. The van der Waals surface area contributed by atoms with Crippen molar-refractivity contribution in [2.45, 2.75) is 0 Å². The summed E-state index contributed by atoms with van der Waals surface area (Å²) in [6, 6.07) is 57.3. The maximum Gasteiger partial charge on any atom is 0.160 e. The lowest BCUT2D eigenvalue weighted by atomic mass is 10.0. The van der Waals surface area contributed by atoms with Crippen LogP contribution in [0.1, 0.15) is 0 Å². The molecule has 0 N–H and O–H groups in total. The topological polar surface area (TPSA) is 30.7 Å². The van der Waals surface area contributed by atoms with Gasteiger partial charge in [0.1, 0.15) is 0 Å². The van der Waals surface area contributed by atoms with E-state index in [1.807, 2.05) is 36.4 Å². The molecule has 0 radical (unpaired) electrons. The van der Waals surface area contributed by atoms with Gasteiger partial charge in [0.2, 0.25) is 0 Å². The van der Waals surface area contributed by atoms with E-state index in [1.165, 1.54) is 21.8 Å². The van der Waals surface area contributed by atoms with Gasteiger partial charge in [-0.25, -0.2) is 9.97 Å². The van der Waals surface area contributed by atoms with Crippen LogP contribution in [0.15, 0.2) is 164 Å². The smallest absolute Gasteiger partial charge is 0.160 e. The molecule has 2 aromatic heterocycles. The normalized spacial score (nSPS) is 11.3. The molecule has 0 atom stereocenters. The zero-order chi connectivity index (χ0) is 28.6. The summed E-state index contributed by atoms with van der Waals surface area (Å²) >= 11 is 0. The lowest BCUT2D eigenvalue weighted by molar-refractivity contribution is 1.18. The monoisotopic (exact) mass is 549 g/mol. The van der Waals surface area contributed by atoms with Crippen molar-refractivity contribution < 1.29 is 0 Å². The average Bonchev–Trinajstić information content (AvgIpc) is 3.43. The van der Waals surface area contributed by atoms with Crippen LogP contribution in [-0.2, 0) is 0 Å². The Morgan fingerprint density at radius 1 is 0.349 bits per heavy atom. The molecule has 8 rings (SSSR count). The molecule has 0 amide bonds. The third-order valence-corrected chi connectivity index (χ3v) is 8.02. The third kappa shape index (κ3) is 4.58. The van der Waals surface area contributed by atoms with E-state index in [0.29, 0.717) is 0 Å². The van der Waals surface area contributed by atoms with Crippen LogP contribution in [0.5, 0.6) is 0 Å². The third-order valence-electron chi connectivity index (χ3n) is 8.02. The number of aromatic nitrogens is 3. The molecule has 3 heteroatoms. The molecule has 8 aromatic rings. The highest BCUT2D eigenvalue weighted by atomic mass is 15.0. The molecule has 0 bridgehead atoms. The summed E-state index contributed by atoms with van der Waals surface area (Å²) in [5, 5.41) is 2.54. The second kappa shape index (κ2) is 10.6. The van der Waals surface area contributed by atoms with Gasteiger partial charge in [0.25, 0.3) is 0 Å². The second-order valence-corrected chi connectivity index (χ2v) is 10.7. The van der Waals surface area contributed by atoms with Crippen molar-refractivity contribution in [2.75, 3.05) is 0 Å². The van der Waals surface area contributed by atoms with Crippen molar-refractivity contribution >= 4 is 21.8 Å². The van der Waals surface area contributed by atoms with E-state index < -0.39 is 0 Å². The summed E-state index contributed by atoms with van der Waals surface area (Å²) in [7, 11) is 0. The first-order valence-electron chi connectivity index (χ1n) is 14.5. The molecule has 0 spiro atoms. The molecule has 43 heavy (non-hydrogen) atoms. The Balaban J connectivity index is 1.20. The van der Waals surface area contributed by atoms with Crippen molar-refractivity contribution in [3.63, 3.8) is 0 Å². The number of nitrogens with zero attached hydrogens (tertiary/aromatic N) is 3. The average molecular weight is 550 g/mol. The van der Waals surface area contributed by atoms with Crippen LogP contribution in [0.25, 0.3) is 72.5 Å². The lowest BCUT2D eigenvalue weighted by Crippen LogP contribution is -1.96. The van der Waals surface area contributed by atoms with Gasteiger partial charge in [0.15, 0.2) is 5.82 Å². The zero-order valence-corrected chi connectivity index (χ0v) is 23.4. The minimum absolute atomic E-state index is 0.720. The molecule has 0 fully saturated rings. The van der Waals surface area contributed by atoms with Gasteiger partial charge in [-0.15, -0.1) is 0 Å². The minimum atomic E-state index is 0.720. The Labute approximate surface area is 250 Å². The fraction of sp³-hybridized carbons (Fsp3) is 0. The van der Waals surface area contributed by atoms with Gasteiger partial charge in [0.05, 0.1) is 22.4 Å². The first-order chi connectivity index (χ1) is 21.3. The van der Waals surface area contributed by atoms with Crippen molar-refractivity contribution in [3.05, 3.63) is 164 Å². The molecular weight excluding hydrogens is 522 g/mol. The van der Waals surface area contributed by atoms with Crippen LogP contribution >= 0.6 is 0 Å². The summed E-state index contributed by atoms with van der Waals surface area (Å²) in [5.74, 6) is 0.720. The van der Waals surface area contributed by atoms with Gasteiger partial charge in [-0.3, -0.25) is 0 Å². The number of hydrogen-bond acceptors (Lipinski definition) is 2. The standard InChI is InChI=1S/C40H27N3/c1-3-12-29(13-4-1)36-27-37(42-40(41-36)30-14-5-2-6-15-30)32-17-11-16-31(26-32)28-22-24-33(25-23-28)43-38-20-9-7-18-34(38)35-19-8-10-21-39(35)43/h1-27H. The fourth-order valence-corrected chi connectivity index (χ4v) is 5.93. The zero-order valence-electron chi connectivity index (χ0n) is 23.4. The summed E-state index contributed by atoms with van der Waals surface area (Å²) in [5.41, 5.74) is 10.8. The fourth-order valence-electron chi connectivity index (χ4n) is 5.93. The molecule has 0 aliphatic rings. The maximum atomic E-state index is 5.03. The Kier molecular flexibility index (Phi) is 6.12. The Morgan fingerprint density at radius 2 is 0.860 bits per heavy atom. The van der Waals surface area contributed by atoms with Crippen LogP contribution in [0.3, 0.4) is 0 Å². The van der Waals surface area contributed by atoms with Crippen molar-refractivity contribution in [1.82, 2.24) is 14.5 Å². The van der Waals surface area contributed by atoms with E-state index in [-0.39, 0.29) is 0 Å². The van der Waals surface area contributed by atoms with Gasteiger partial charge in [-0.1, -0.05) is 127 Å². The van der Waals surface area contributed by atoms with Crippen LogP contribution in [-0.4, -0.2) is 14.5 Å². The number of fused-ring (bicyclic) bond motifs is 3. The van der Waals surface area contributed by atoms with E-state index in [2.05, 4.69) is 132 Å². The highest BCUT2D eigenvalue weighted by Crippen LogP contribution is 2.34. The SMILES string of the molecule is c1ccc(-c2cc(-c3cccc(-c4ccc(-n5c6ccccc6c6ccccc65)cc4)c3)nc(-c3ccccc3)n2)cc1. The van der Waals surface area contributed by atoms with E-state index in [1.54, 1.807) is 0 Å². The molecule has 0 aliphatic heterocycles. The van der Waals surface area contributed by atoms with Crippen LogP contribution in [0, 0.1) is 0 Å². The van der Waals surface area contributed by atoms with Crippen LogP contribution in [0.2, 0.25) is 0 Å². The predicted octanol–water partition coefficient (Wildman–Crippen LogP) is 10.2. The predicted molar refractivity (Wildman–Crippen MR) is 178 cm³/mol.